The highest BCUT2D eigenvalue weighted by molar-refractivity contribution is 6.06. The minimum Gasteiger partial charge on any atom is -0.497 e. The Morgan fingerprint density at radius 2 is 1.94 bits per heavy atom. The third-order valence-electron chi connectivity index (χ3n) is 5.46. The van der Waals surface area contributed by atoms with E-state index in [0.717, 1.165) is 11.1 Å². The van der Waals surface area contributed by atoms with Crippen LogP contribution >= 0.6 is 0 Å². The highest BCUT2D eigenvalue weighted by Gasteiger charge is 2.34. The molecule has 1 unspecified atom stereocenters. The van der Waals surface area contributed by atoms with E-state index < -0.39 is 6.04 Å². The van der Waals surface area contributed by atoms with Gasteiger partial charge in [0, 0.05) is 17.5 Å². The van der Waals surface area contributed by atoms with E-state index in [1.54, 1.807) is 36.3 Å². The lowest BCUT2D eigenvalue weighted by Crippen LogP contribution is -2.31. The lowest BCUT2D eigenvalue weighted by atomic mass is 9.95. The number of pyridine rings is 1. The number of fused-ring (bicyclic) bond motifs is 1. The fraction of sp³-hybridized carbons (Fsp3) is 0.120. The van der Waals surface area contributed by atoms with Gasteiger partial charge >= 0.3 is 0 Å². The van der Waals surface area contributed by atoms with Gasteiger partial charge in [0.2, 0.25) is 5.95 Å². The van der Waals surface area contributed by atoms with Crippen LogP contribution in [-0.4, -0.2) is 32.8 Å². The van der Waals surface area contributed by atoms with Crippen molar-refractivity contribution in [1.29, 1.82) is 0 Å². The number of hydrogen-bond donors (Lipinski definition) is 2. The Morgan fingerprint density at radius 3 is 2.70 bits per heavy atom. The number of hydrogen-bond acceptors (Lipinski definition) is 6. The molecule has 0 saturated carbocycles. The quantitative estimate of drug-likeness (QED) is 0.483. The summed E-state index contributed by atoms with van der Waals surface area (Å²) in [4.78, 5) is 22.3. The minimum atomic E-state index is -0.502. The molecule has 33 heavy (non-hydrogen) atoms. The number of aromatic nitrogens is 4. The Hall–Kier alpha value is -4.46. The number of nitrogens with one attached hydrogen (secondary N) is 2. The maximum atomic E-state index is 13.5. The number of carbonyl (C=O) groups excluding carboxylic acids is 1. The molecular weight excluding hydrogens is 416 g/mol. The van der Waals surface area contributed by atoms with E-state index in [1.807, 2.05) is 61.5 Å². The third kappa shape index (κ3) is 3.94. The third-order valence-corrected chi connectivity index (χ3v) is 5.46. The van der Waals surface area contributed by atoms with Crippen molar-refractivity contribution in [3.63, 3.8) is 0 Å². The van der Waals surface area contributed by atoms with Crippen molar-refractivity contribution < 1.29 is 9.53 Å². The maximum Gasteiger partial charge on any atom is 0.255 e. The molecule has 0 radical (unpaired) electrons. The molecule has 1 amide bonds. The van der Waals surface area contributed by atoms with Gasteiger partial charge in [-0.2, -0.15) is 4.98 Å². The first-order valence-corrected chi connectivity index (χ1v) is 10.5. The molecule has 0 spiro atoms. The summed E-state index contributed by atoms with van der Waals surface area (Å²) in [6.07, 6.45) is 3.27. The largest absolute Gasteiger partial charge is 0.497 e. The SMILES string of the molecule is COc1cccc(C2C(C(=O)Nc3cccnc3)=C(C)Nc3nc(-c4ccccc4)nn32)c1. The number of carbonyl (C=O) groups is 1. The zero-order chi connectivity index (χ0) is 22.8. The molecule has 0 fully saturated rings. The van der Waals surface area contributed by atoms with E-state index in [9.17, 15) is 4.79 Å². The zero-order valence-electron chi connectivity index (χ0n) is 18.2. The second-order valence-corrected chi connectivity index (χ2v) is 7.61. The van der Waals surface area contributed by atoms with E-state index >= 15 is 0 Å². The van der Waals surface area contributed by atoms with Gasteiger partial charge in [-0.3, -0.25) is 9.78 Å². The predicted octanol–water partition coefficient (Wildman–Crippen LogP) is 4.28. The summed E-state index contributed by atoms with van der Waals surface area (Å²) in [7, 11) is 1.62. The summed E-state index contributed by atoms with van der Waals surface area (Å²) in [5.74, 6) is 1.59. The Bertz CT molecular complexity index is 1330. The molecule has 5 rings (SSSR count). The minimum absolute atomic E-state index is 0.247. The van der Waals surface area contributed by atoms with Crippen LogP contribution in [0.3, 0.4) is 0 Å². The monoisotopic (exact) mass is 438 g/mol. The van der Waals surface area contributed by atoms with Crippen molar-refractivity contribution in [2.75, 3.05) is 17.7 Å². The number of nitrogens with zero attached hydrogens (tertiary/aromatic N) is 4. The first-order chi connectivity index (χ1) is 16.1. The molecule has 4 aromatic rings. The molecule has 164 valence electrons. The van der Waals surface area contributed by atoms with Crippen LogP contribution in [0.1, 0.15) is 18.5 Å². The van der Waals surface area contributed by atoms with Crippen molar-refractivity contribution in [2.24, 2.45) is 0 Å². The first kappa shape index (κ1) is 20.4. The van der Waals surface area contributed by atoms with E-state index in [0.29, 0.717) is 34.5 Å². The van der Waals surface area contributed by atoms with Gasteiger partial charge in [-0.05, 0) is 36.8 Å². The molecule has 3 heterocycles. The standard InChI is InChI=1S/C25H22N6O2/c1-16-21(24(32)28-19-11-7-13-26-15-19)22(18-10-6-12-20(14-18)33-2)31-25(27-16)29-23(30-31)17-8-4-3-5-9-17/h3-15,22H,1-2H3,(H,28,32)(H,27,29,30). The van der Waals surface area contributed by atoms with Gasteiger partial charge in [0.25, 0.3) is 5.91 Å². The Labute approximate surface area is 191 Å². The second-order valence-electron chi connectivity index (χ2n) is 7.61. The zero-order valence-corrected chi connectivity index (χ0v) is 18.2. The van der Waals surface area contributed by atoms with E-state index in [-0.39, 0.29) is 5.91 Å². The van der Waals surface area contributed by atoms with Crippen molar-refractivity contribution >= 4 is 17.5 Å². The maximum absolute atomic E-state index is 13.5. The fourth-order valence-electron chi connectivity index (χ4n) is 3.91. The van der Waals surface area contributed by atoms with Crippen LogP contribution in [0.5, 0.6) is 5.75 Å². The molecule has 0 saturated heterocycles. The van der Waals surface area contributed by atoms with Crippen LogP contribution in [-0.2, 0) is 4.79 Å². The Morgan fingerprint density at radius 1 is 1.09 bits per heavy atom. The van der Waals surface area contributed by atoms with Gasteiger partial charge in [-0.15, -0.1) is 5.10 Å². The summed E-state index contributed by atoms with van der Waals surface area (Å²) in [5.41, 5.74) is 3.59. The van der Waals surface area contributed by atoms with E-state index in [2.05, 4.69) is 15.6 Å². The molecule has 0 bridgehead atoms. The van der Waals surface area contributed by atoms with Gasteiger partial charge in [-0.1, -0.05) is 42.5 Å². The predicted molar refractivity (Wildman–Crippen MR) is 126 cm³/mol. The number of rotatable bonds is 5. The van der Waals surface area contributed by atoms with Gasteiger partial charge in [-0.25, -0.2) is 4.68 Å². The number of benzene rings is 2. The molecule has 0 aliphatic carbocycles. The summed E-state index contributed by atoms with van der Waals surface area (Å²) >= 11 is 0. The summed E-state index contributed by atoms with van der Waals surface area (Å²) in [5, 5.41) is 11.0. The number of allylic oxidation sites excluding steroid dienone is 1. The number of anilines is 2. The van der Waals surface area contributed by atoms with Crippen LogP contribution in [0.4, 0.5) is 11.6 Å². The van der Waals surface area contributed by atoms with Crippen LogP contribution < -0.4 is 15.4 Å². The molecule has 8 nitrogen and oxygen atoms in total. The van der Waals surface area contributed by atoms with Crippen LogP contribution in [0.15, 0.2) is 90.4 Å². The summed E-state index contributed by atoms with van der Waals surface area (Å²) < 4.78 is 7.19. The summed E-state index contributed by atoms with van der Waals surface area (Å²) in [6.45, 7) is 1.87. The normalized spacial score (nSPS) is 14.9. The average Bonchev–Trinajstić information content (AvgIpc) is 3.28. The Balaban J connectivity index is 1.62. The lowest BCUT2D eigenvalue weighted by Gasteiger charge is -2.28. The summed E-state index contributed by atoms with van der Waals surface area (Å²) in [6, 6.07) is 20.5. The van der Waals surface area contributed by atoms with E-state index in [1.165, 1.54) is 0 Å². The smallest absolute Gasteiger partial charge is 0.255 e. The van der Waals surface area contributed by atoms with Gasteiger partial charge in [0.1, 0.15) is 11.8 Å². The highest BCUT2D eigenvalue weighted by atomic mass is 16.5. The molecule has 2 N–H and O–H groups in total. The average molecular weight is 438 g/mol. The van der Waals surface area contributed by atoms with Crippen LogP contribution in [0.2, 0.25) is 0 Å². The lowest BCUT2D eigenvalue weighted by molar-refractivity contribution is -0.113. The molecule has 1 aliphatic heterocycles. The van der Waals surface area contributed by atoms with Gasteiger partial charge in [0.05, 0.1) is 24.6 Å². The van der Waals surface area contributed by atoms with Gasteiger partial charge in [0.15, 0.2) is 5.82 Å². The number of methoxy groups -OCH3 is 1. The molecule has 8 heteroatoms. The molecule has 1 atom stereocenters. The molecule has 1 aliphatic rings. The molecule has 2 aromatic heterocycles. The Kier molecular flexibility index (Phi) is 5.32. The first-order valence-electron chi connectivity index (χ1n) is 10.5. The second kappa shape index (κ2) is 8.58. The molecular formula is C25H22N6O2. The molecule has 2 aromatic carbocycles. The van der Waals surface area contributed by atoms with Crippen molar-refractivity contribution in [1.82, 2.24) is 19.7 Å². The van der Waals surface area contributed by atoms with Crippen molar-refractivity contribution in [2.45, 2.75) is 13.0 Å². The fourth-order valence-corrected chi connectivity index (χ4v) is 3.91. The number of amides is 1. The van der Waals surface area contributed by atoms with Crippen molar-refractivity contribution in [3.8, 4) is 17.1 Å². The van der Waals surface area contributed by atoms with Gasteiger partial charge < -0.3 is 15.4 Å². The number of ether oxygens (including phenoxy) is 1. The van der Waals surface area contributed by atoms with Crippen LogP contribution in [0, 0.1) is 0 Å². The topological polar surface area (TPSA) is 94.0 Å². The highest BCUT2D eigenvalue weighted by Crippen LogP contribution is 2.37. The van der Waals surface area contributed by atoms with Crippen LogP contribution in [0.25, 0.3) is 11.4 Å². The van der Waals surface area contributed by atoms with E-state index in [4.69, 9.17) is 14.8 Å². The van der Waals surface area contributed by atoms with Crippen molar-refractivity contribution in [3.05, 3.63) is 96.0 Å².